The van der Waals surface area contributed by atoms with Crippen LogP contribution in [0.2, 0.25) is 0 Å². The standard InChI is InChI=1S/C12H12BrNOS/c1-12(2,15)10-7-16-11(14-10)8-5-3-4-6-9(8)13/h3-7,15H,1-2H3. The molecule has 0 aliphatic carbocycles. The quantitative estimate of drug-likeness (QED) is 0.914. The minimum Gasteiger partial charge on any atom is -0.384 e. The molecule has 1 aromatic carbocycles. The summed E-state index contributed by atoms with van der Waals surface area (Å²) in [5.74, 6) is 0. The summed E-state index contributed by atoms with van der Waals surface area (Å²) >= 11 is 5.04. The molecule has 1 aromatic heterocycles. The van der Waals surface area contributed by atoms with Gasteiger partial charge in [0.05, 0.1) is 5.69 Å². The largest absolute Gasteiger partial charge is 0.384 e. The van der Waals surface area contributed by atoms with E-state index in [-0.39, 0.29) is 0 Å². The van der Waals surface area contributed by atoms with E-state index in [0.717, 1.165) is 15.0 Å². The number of benzene rings is 1. The molecule has 0 aliphatic heterocycles. The minimum absolute atomic E-state index is 0.711. The summed E-state index contributed by atoms with van der Waals surface area (Å²) < 4.78 is 1.02. The molecule has 0 spiro atoms. The number of thiazole rings is 1. The zero-order valence-corrected chi connectivity index (χ0v) is 11.5. The molecule has 2 nitrogen and oxygen atoms in total. The summed E-state index contributed by atoms with van der Waals surface area (Å²) in [5, 5.41) is 12.7. The number of halogens is 1. The molecule has 0 radical (unpaired) electrons. The van der Waals surface area contributed by atoms with Gasteiger partial charge in [-0.3, -0.25) is 0 Å². The van der Waals surface area contributed by atoms with Crippen molar-refractivity contribution in [2.45, 2.75) is 19.4 Å². The summed E-state index contributed by atoms with van der Waals surface area (Å²) in [6.07, 6.45) is 0. The van der Waals surface area contributed by atoms with Gasteiger partial charge in [-0.2, -0.15) is 0 Å². The zero-order chi connectivity index (χ0) is 11.8. The Hall–Kier alpha value is -0.710. The molecule has 0 saturated heterocycles. The van der Waals surface area contributed by atoms with Crippen molar-refractivity contribution in [2.24, 2.45) is 0 Å². The third kappa shape index (κ3) is 2.34. The lowest BCUT2D eigenvalue weighted by molar-refractivity contribution is 0.0746. The van der Waals surface area contributed by atoms with Crippen LogP contribution < -0.4 is 0 Å². The first-order valence-electron chi connectivity index (χ1n) is 4.92. The van der Waals surface area contributed by atoms with Gasteiger partial charge in [-0.25, -0.2) is 4.98 Å². The topological polar surface area (TPSA) is 33.1 Å². The van der Waals surface area contributed by atoms with Crippen LogP contribution in [0, 0.1) is 0 Å². The second kappa shape index (κ2) is 4.28. The average molecular weight is 298 g/mol. The van der Waals surface area contributed by atoms with Crippen molar-refractivity contribution in [3.63, 3.8) is 0 Å². The highest BCUT2D eigenvalue weighted by Gasteiger charge is 2.20. The molecule has 0 bridgehead atoms. The highest BCUT2D eigenvalue weighted by atomic mass is 79.9. The lowest BCUT2D eigenvalue weighted by Crippen LogP contribution is -2.15. The molecule has 84 valence electrons. The van der Waals surface area contributed by atoms with Gasteiger partial charge in [-0.05, 0) is 19.9 Å². The van der Waals surface area contributed by atoms with Gasteiger partial charge in [-0.1, -0.05) is 34.1 Å². The molecule has 0 atom stereocenters. The lowest BCUT2D eigenvalue weighted by atomic mass is 10.1. The van der Waals surface area contributed by atoms with Crippen molar-refractivity contribution in [1.82, 2.24) is 4.98 Å². The molecule has 0 saturated carbocycles. The number of nitrogens with zero attached hydrogens (tertiary/aromatic N) is 1. The Morgan fingerprint density at radius 2 is 2.00 bits per heavy atom. The molecule has 2 rings (SSSR count). The molecular formula is C12H12BrNOS. The summed E-state index contributed by atoms with van der Waals surface area (Å²) in [6, 6.07) is 7.95. The molecule has 0 amide bonds. The van der Waals surface area contributed by atoms with E-state index >= 15 is 0 Å². The molecule has 4 heteroatoms. The van der Waals surface area contributed by atoms with Crippen LogP contribution in [0.5, 0.6) is 0 Å². The predicted octanol–water partition coefficient (Wildman–Crippen LogP) is 3.80. The van der Waals surface area contributed by atoms with Crippen molar-refractivity contribution in [3.05, 3.63) is 39.8 Å². The fourth-order valence-corrected chi connectivity index (χ4v) is 2.94. The van der Waals surface area contributed by atoms with Gasteiger partial charge >= 0.3 is 0 Å². The van der Waals surface area contributed by atoms with Gasteiger partial charge in [0, 0.05) is 15.4 Å². The molecule has 0 fully saturated rings. The Labute approximate surface area is 107 Å². The van der Waals surface area contributed by atoms with Crippen LogP contribution in [0.3, 0.4) is 0 Å². The third-order valence-electron chi connectivity index (χ3n) is 2.24. The minimum atomic E-state index is -0.879. The number of rotatable bonds is 2. The Morgan fingerprint density at radius 1 is 1.31 bits per heavy atom. The first-order valence-corrected chi connectivity index (χ1v) is 6.59. The van der Waals surface area contributed by atoms with Crippen molar-refractivity contribution in [3.8, 4) is 10.6 Å². The van der Waals surface area contributed by atoms with Gasteiger partial charge in [0.25, 0.3) is 0 Å². The molecule has 1 N–H and O–H groups in total. The van der Waals surface area contributed by atoms with Gasteiger partial charge in [0.2, 0.25) is 0 Å². The average Bonchev–Trinajstić information content (AvgIpc) is 2.66. The maximum Gasteiger partial charge on any atom is 0.124 e. The molecule has 0 unspecified atom stereocenters. The second-order valence-electron chi connectivity index (χ2n) is 4.08. The normalized spacial score (nSPS) is 11.8. The van der Waals surface area contributed by atoms with Crippen molar-refractivity contribution in [1.29, 1.82) is 0 Å². The molecule has 16 heavy (non-hydrogen) atoms. The van der Waals surface area contributed by atoms with E-state index in [2.05, 4.69) is 20.9 Å². The third-order valence-corrected chi connectivity index (χ3v) is 3.80. The first-order chi connectivity index (χ1) is 7.48. The van der Waals surface area contributed by atoms with Crippen LogP contribution in [0.25, 0.3) is 10.6 Å². The van der Waals surface area contributed by atoms with Crippen LogP contribution in [-0.2, 0) is 5.60 Å². The maximum atomic E-state index is 9.85. The summed E-state index contributed by atoms with van der Waals surface area (Å²) in [6.45, 7) is 3.48. The van der Waals surface area contributed by atoms with E-state index < -0.39 is 5.60 Å². The summed E-state index contributed by atoms with van der Waals surface area (Å²) in [5.41, 5.74) is 0.891. The van der Waals surface area contributed by atoms with E-state index in [9.17, 15) is 5.11 Å². The van der Waals surface area contributed by atoms with Gasteiger partial charge in [0.1, 0.15) is 10.6 Å². The number of aliphatic hydroxyl groups is 1. The Morgan fingerprint density at radius 3 is 2.56 bits per heavy atom. The SMILES string of the molecule is CC(C)(O)c1csc(-c2ccccc2Br)n1. The highest BCUT2D eigenvalue weighted by Crippen LogP contribution is 2.32. The fourth-order valence-electron chi connectivity index (χ4n) is 1.31. The van der Waals surface area contributed by atoms with Crippen LogP contribution in [0.1, 0.15) is 19.5 Å². The zero-order valence-electron chi connectivity index (χ0n) is 9.07. The molecule has 0 aliphatic rings. The molecular weight excluding hydrogens is 286 g/mol. The van der Waals surface area contributed by atoms with Crippen molar-refractivity contribution in [2.75, 3.05) is 0 Å². The monoisotopic (exact) mass is 297 g/mol. The van der Waals surface area contributed by atoms with Gasteiger partial charge in [-0.15, -0.1) is 11.3 Å². The summed E-state index contributed by atoms with van der Waals surface area (Å²) in [4.78, 5) is 4.45. The lowest BCUT2D eigenvalue weighted by Gasteiger charge is -2.13. The van der Waals surface area contributed by atoms with E-state index in [1.807, 2.05) is 29.6 Å². The fraction of sp³-hybridized carbons (Fsp3) is 0.250. The molecule has 1 heterocycles. The molecule has 2 aromatic rings. The van der Waals surface area contributed by atoms with E-state index in [4.69, 9.17) is 0 Å². The number of hydrogen-bond acceptors (Lipinski definition) is 3. The van der Waals surface area contributed by atoms with Gasteiger partial charge < -0.3 is 5.11 Å². The Bertz CT molecular complexity index is 502. The van der Waals surface area contributed by atoms with Gasteiger partial charge in [0.15, 0.2) is 0 Å². The Kier molecular flexibility index (Phi) is 3.15. The Balaban J connectivity index is 2.44. The smallest absolute Gasteiger partial charge is 0.124 e. The maximum absolute atomic E-state index is 9.85. The predicted molar refractivity (Wildman–Crippen MR) is 70.5 cm³/mol. The van der Waals surface area contributed by atoms with Crippen LogP contribution >= 0.6 is 27.3 Å². The van der Waals surface area contributed by atoms with E-state index in [1.165, 1.54) is 0 Å². The van der Waals surface area contributed by atoms with Crippen molar-refractivity contribution < 1.29 is 5.11 Å². The first kappa shape index (κ1) is 11.8. The number of aromatic nitrogens is 1. The van der Waals surface area contributed by atoms with Crippen LogP contribution in [0.4, 0.5) is 0 Å². The number of hydrogen-bond donors (Lipinski definition) is 1. The van der Waals surface area contributed by atoms with E-state index in [1.54, 1.807) is 25.2 Å². The van der Waals surface area contributed by atoms with E-state index in [0.29, 0.717) is 5.69 Å². The second-order valence-corrected chi connectivity index (χ2v) is 5.79. The highest BCUT2D eigenvalue weighted by molar-refractivity contribution is 9.10. The summed E-state index contributed by atoms with van der Waals surface area (Å²) in [7, 11) is 0. The van der Waals surface area contributed by atoms with Crippen LogP contribution in [0.15, 0.2) is 34.1 Å². The van der Waals surface area contributed by atoms with Crippen molar-refractivity contribution >= 4 is 27.3 Å². The van der Waals surface area contributed by atoms with Crippen LogP contribution in [-0.4, -0.2) is 10.1 Å².